The maximum Gasteiger partial charge on any atom is 0.355 e. The zero-order valence-corrected chi connectivity index (χ0v) is 13.8. The lowest BCUT2D eigenvalue weighted by molar-refractivity contribution is 0.0691. The second kappa shape index (κ2) is 5.99. The standard InChI is InChI=1S/C16H10N4O2S2/c21-16(22)12-9-24-15(19-12)13-5-10(8-23-13)11-6-18-20(7-11)14-3-1-2-4-17-14/h1-9H,(H,21,22). The van der Waals surface area contributed by atoms with Gasteiger partial charge in [-0.15, -0.1) is 22.7 Å². The molecule has 1 N–H and O–H groups in total. The van der Waals surface area contributed by atoms with E-state index in [0.717, 1.165) is 21.8 Å². The molecular formula is C16H10N4O2S2. The zero-order valence-electron chi connectivity index (χ0n) is 12.2. The number of hydrogen-bond donors (Lipinski definition) is 1. The van der Waals surface area contributed by atoms with E-state index in [4.69, 9.17) is 5.11 Å². The summed E-state index contributed by atoms with van der Waals surface area (Å²) in [7, 11) is 0. The Morgan fingerprint density at radius 3 is 2.83 bits per heavy atom. The second-order valence-corrected chi connectivity index (χ2v) is 6.67. The van der Waals surface area contributed by atoms with Crippen molar-refractivity contribution in [2.24, 2.45) is 0 Å². The Hall–Kier alpha value is -2.84. The van der Waals surface area contributed by atoms with Gasteiger partial charge in [-0.2, -0.15) is 5.10 Å². The fourth-order valence-corrected chi connectivity index (χ4v) is 3.96. The number of nitrogens with zero attached hydrogens (tertiary/aromatic N) is 4. The first-order valence-electron chi connectivity index (χ1n) is 6.95. The van der Waals surface area contributed by atoms with E-state index < -0.39 is 5.97 Å². The van der Waals surface area contributed by atoms with Crippen LogP contribution in [0, 0.1) is 0 Å². The molecule has 0 atom stereocenters. The number of hydrogen-bond acceptors (Lipinski definition) is 6. The molecule has 0 radical (unpaired) electrons. The van der Waals surface area contributed by atoms with Gasteiger partial charge in [0.2, 0.25) is 0 Å². The summed E-state index contributed by atoms with van der Waals surface area (Å²) in [6, 6.07) is 7.65. The van der Waals surface area contributed by atoms with Crippen LogP contribution in [-0.4, -0.2) is 30.8 Å². The van der Waals surface area contributed by atoms with Crippen molar-refractivity contribution >= 4 is 28.6 Å². The minimum Gasteiger partial charge on any atom is -0.476 e. The highest BCUT2D eigenvalue weighted by molar-refractivity contribution is 7.20. The van der Waals surface area contributed by atoms with Gasteiger partial charge in [-0.1, -0.05) is 6.07 Å². The van der Waals surface area contributed by atoms with Crippen LogP contribution in [0.15, 0.2) is 53.6 Å². The molecule has 0 unspecified atom stereocenters. The van der Waals surface area contributed by atoms with Crippen molar-refractivity contribution in [2.45, 2.75) is 0 Å². The molecule has 0 fully saturated rings. The Morgan fingerprint density at radius 1 is 1.17 bits per heavy atom. The SMILES string of the molecule is O=C(O)c1csc(-c2cc(-c3cnn(-c4ccccn4)c3)cs2)n1. The minimum absolute atomic E-state index is 0.0768. The maximum absolute atomic E-state index is 10.9. The zero-order chi connectivity index (χ0) is 16.5. The van der Waals surface area contributed by atoms with E-state index in [1.54, 1.807) is 22.5 Å². The summed E-state index contributed by atoms with van der Waals surface area (Å²) in [4.78, 5) is 20.3. The monoisotopic (exact) mass is 354 g/mol. The van der Waals surface area contributed by atoms with Crippen LogP contribution in [0.1, 0.15) is 10.5 Å². The quantitative estimate of drug-likeness (QED) is 0.602. The van der Waals surface area contributed by atoms with Crippen LogP contribution in [0.25, 0.3) is 26.8 Å². The van der Waals surface area contributed by atoms with E-state index in [1.165, 1.54) is 22.7 Å². The summed E-state index contributed by atoms with van der Waals surface area (Å²) in [5, 5.41) is 17.6. The van der Waals surface area contributed by atoms with Gasteiger partial charge < -0.3 is 5.11 Å². The Balaban J connectivity index is 1.63. The lowest BCUT2D eigenvalue weighted by Gasteiger charge is -1.97. The molecule has 4 aromatic heterocycles. The molecule has 0 spiro atoms. The Labute approximate surface area is 144 Å². The van der Waals surface area contributed by atoms with Crippen molar-refractivity contribution in [2.75, 3.05) is 0 Å². The summed E-state index contributed by atoms with van der Waals surface area (Å²) >= 11 is 2.86. The summed E-state index contributed by atoms with van der Waals surface area (Å²) < 4.78 is 1.72. The number of carbonyl (C=O) groups is 1. The molecule has 0 saturated carbocycles. The van der Waals surface area contributed by atoms with Crippen LogP contribution in [-0.2, 0) is 0 Å². The first-order valence-corrected chi connectivity index (χ1v) is 8.71. The van der Waals surface area contributed by atoms with Gasteiger partial charge in [-0.25, -0.2) is 19.4 Å². The average molecular weight is 354 g/mol. The van der Waals surface area contributed by atoms with Crippen LogP contribution < -0.4 is 0 Å². The van der Waals surface area contributed by atoms with E-state index in [0.29, 0.717) is 5.01 Å². The van der Waals surface area contributed by atoms with E-state index in [-0.39, 0.29) is 5.69 Å². The number of aromatic carboxylic acids is 1. The lowest BCUT2D eigenvalue weighted by atomic mass is 10.2. The number of carboxylic acid groups (broad SMARTS) is 1. The van der Waals surface area contributed by atoms with E-state index in [2.05, 4.69) is 15.1 Å². The van der Waals surface area contributed by atoms with Gasteiger partial charge >= 0.3 is 5.97 Å². The molecule has 0 aliphatic heterocycles. The highest BCUT2D eigenvalue weighted by Crippen LogP contribution is 2.34. The van der Waals surface area contributed by atoms with Gasteiger partial charge in [0.25, 0.3) is 0 Å². The van der Waals surface area contributed by atoms with Crippen LogP contribution in [0.3, 0.4) is 0 Å². The summed E-state index contributed by atoms with van der Waals surface area (Å²) in [6.45, 7) is 0. The first kappa shape index (κ1) is 14.7. The maximum atomic E-state index is 10.9. The summed E-state index contributed by atoms with van der Waals surface area (Å²) in [5.74, 6) is -0.254. The molecule has 0 saturated heterocycles. The number of aromatic nitrogens is 4. The second-order valence-electron chi connectivity index (χ2n) is 4.90. The minimum atomic E-state index is -1.01. The van der Waals surface area contributed by atoms with Crippen molar-refractivity contribution in [1.82, 2.24) is 19.7 Å². The Bertz CT molecular complexity index is 1000. The highest BCUT2D eigenvalue weighted by atomic mass is 32.1. The van der Waals surface area contributed by atoms with Gasteiger partial charge in [-0.3, -0.25) is 0 Å². The molecule has 0 bridgehead atoms. The molecule has 4 heterocycles. The number of rotatable bonds is 4. The van der Waals surface area contributed by atoms with Gasteiger partial charge in [0.1, 0.15) is 5.01 Å². The Kier molecular flexibility index (Phi) is 3.68. The smallest absolute Gasteiger partial charge is 0.355 e. The third-order valence-electron chi connectivity index (χ3n) is 3.33. The molecule has 0 aromatic carbocycles. The molecule has 118 valence electrons. The molecule has 6 nitrogen and oxygen atoms in total. The molecule has 0 aliphatic rings. The van der Waals surface area contributed by atoms with E-state index in [9.17, 15) is 4.79 Å². The fourth-order valence-electron chi connectivity index (χ4n) is 2.17. The van der Waals surface area contributed by atoms with Gasteiger partial charge in [0.15, 0.2) is 11.5 Å². The lowest BCUT2D eigenvalue weighted by Crippen LogP contribution is -1.95. The topological polar surface area (TPSA) is 80.9 Å². The van der Waals surface area contributed by atoms with Crippen molar-refractivity contribution in [3.8, 4) is 26.8 Å². The molecule has 0 aliphatic carbocycles. The largest absolute Gasteiger partial charge is 0.476 e. The van der Waals surface area contributed by atoms with Crippen molar-refractivity contribution in [3.05, 3.63) is 59.3 Å². The number of pyridine rings is 1. The summed E-state index contributed by atoms with van der Waals surface area (Å²) in [6.07, 6.45) is 5.42. The van der Waals surface area contributed by atoms with Crippen molar-refractivity contribution in [3.63, 3.8) is 0 Å². The Morgan fingerprint density at radius 2 is 2.08 bits per heavy atom. The van der Waals surface area contributed by atoms with Crippen molar-refractivity contribution < 1.29 is 9.90 Å². The average Bonchev–Trinajstić information content (AvgIpc) is 3.33. The fraction of sp³-hybridized carbons (Fsp3) is 0. The molecule has 4 rings (SSSR count). The van der Waals surface area contributed by atoms with Crippen LogP contribution in [0.2, 0.25) is 0 Å². The number of thiazole rings is 1. The van der Waals surface area contributed by atoms with Crippen LogP contribution in [0.4, 0.5) is 0 Å². The third-order valence-corrected chi connectivity index (χ3v) is 5.28. The molecule has 4 aromatic rings. The van der Waals surface area contributed by atoms with Gasteiger partial charge in [0, 0.05) is 23.3 Å². The highest BCUT2D eigenvalue weighted by Gasteiger charge is 2.13. The normalized spacial score (nSPS) is 10.8. The third kappa shape index (κ3) is 2.72. The van der Waals surface area contributed by atoms with Crippen LogP contribution in [0.5, 0.6) is 0 Å². The predicted octanol–water partition coefficient (Wildman–Crippen LogP) is 3.82. The van der Waals surface area contributed by atoms with Gasteiger partial charge in [0.05, 0.1) is 11.1 Å². The molecule has 0 amide bonds. The molecule has 8 heteroatoms. The van der Waals surface area contributed by atoms with Crippen molar-refractivity contribution in [1.29, 1.82) is 0 Å². The molecular weight excluding hydrogens is 344 g/mol. The predicted molar refractivity (Wildman–Crippen MR) is 92.7 cm³/mol. The van der Waals surface area contributed by atoms with Gasteiger partial charge in [-0.05, 0) is 29.1 Å². The van der Waals surface area contributed by atoms with Crippen LogP contribution >= 0.6 is 22.7 Å². The molecule has 24 heavy (non-hydrogen) atoms. The first-order chi connectivity index (χ1) is 11.7. The van der Waals surface area contributed by atoms with E-state index >= 15 is 0 Å². The van der Waals surface area contributed by atoms with E-state index in [1.807, 2.05) is 35.8 Å². The number of carboxylic acids is 1. The number of thiophene rings is 1. The summed E-state index contributed by atoms with van der Waals surface area (Å²) in [5.41, 5.74) is 2.07.